The Hall–Kier alpha value is -7.25. The van der Waals surface area contributed by atoms with E-state index in [2.05, 4.69) is 343 Å². The number of benzene rings is 13. The largest absolute Gasteiger partial charge is 0.340 e. The Labute approximate surface area is 663 Å². The Bertz CT molecular complexity index is 5190. The first-order valence-electron chi connectivity index (χ1n) is 38.5. The number of unbranched alkanes of at least 4 members (excludes halogenated alkanes) is 8. The van der Waals surface area contributed by atoms with Crippen LogP contribution in [-0.4, -0.2) is 71.2 Å². The van der Waals surface area contributed by atoms with Crippen LogP contribution in [-0.2, 0) is 25.1 Å². The molecule has 0 radical (unpaired) electrons. The zero-order valence-electron chi connectivity index (χ0n) is 61.5. The third kappa shape index (κ3) is 19.2. The van der Waals surface area contributed by atoms with Crippen LogP contribution in [0.5, 0.6) is 0 Å². The number of rotatable bonds is 32. The van der Waals surface area contributed by atoms with Gasteiger partial charge >= 0.3 is 0 Å². The molecule has 16 aromatic rings. The Morgan fingerprint density at radius 2 is 0.651 bits per heavy atom. The maximum absolute atomic E-state index is 4.28. The highest BCUT2D eigenvalue weighted by Crippen LogP contribution is 2.39. The molecule has 0 fully saturated rings. The SMILES string of the molecule is CCCCCCCCCCCSCc1ccc(-n2c3ccccc3c3ccccc32)cc1.SCCSCCCc1ccc(-c2ccc(-n3c4ccccc4c4ccccc43)cc2)cc1.SCCSCCCc1ccc2ccc3cccc4ccc1c2c34.SCCSCCn1c2ccccc2c2ccccc21. The monoisotopic (exact) mass is 1520 g/mol. The minimum absolute atomic E-state index is 0.956. The predicted molar refractivity (Wildman–Crippen MR) is 490 cm³/mol. The van der Waals surface area contributed by atoms with Crippen LogP contribution in [0, 0.1) is 0 Å². The second-order valence-electron chi connectivity index (χ2n) is 27.5. The van der Waals surface area contributed by atoms with Crippen molar-refractivity contribution in [1.29, 1.82) is 0 Å². The molecular formula is C96H101N3S7. The molecular weight excluding hydrogens is 1420 g/mol. The van der Waals surface area contributed by atoms with Crippen LogP contribution in [0.1, 0.15) is 94.2 Å². The maximum Gasteiger partial charge on any atom is 0.0541 e. The summed E-state index contributed by atoms with van der Waals surface area (Å²) < 4.78 is 7.20. The number of thioether (sulfide) groups is 4. The summed E-state index contributed by atoms with van der Waals surface area (Å²) in [5.41, 5.74) is 17.0. The van der Waals surface area contributed by atoms with E-state index in [-0.39, 0.29) is 0 Å². The van der Waals surface area contributed by atoms with Gasteiger partial charge in [-0.25, -0.2) is 0 Å². The summed E-state index contributed by atoms with van der Waals surface area (Å²) in [4.78, 5) is 0. The molecule has 16 rings (SSSR count). The molecule has 3 aromatic heterocycles. The molecule has 10 heteroatoms. The molecule has 13 aromatic carbocycles. The van der Waals surface area contributed by atoms with Crippen molar-refractivity contribution in [3.8, 4) is 22.5 Å². The zero-order valence-corrected chi connectivity index (χ0v) is 67.4. The van der Waals surface area contributed by atoms with Crippen molar-refractivity contribution in [2.75, 3.05) is 57.5 Å². The van der Waals surface area contributed by atoms with Crippen LogP contribution in [0.3, 0.4) is 0 Å². The van der Waals surface area contributed by atoms with E-state index >= 15 is 0 Å². The van der Waals surface area contributed by atoms with Crippen molar-refractivity contribution in [3.63, 3.8) is 0 Å². The standard InChI is InChI=1S/C30H37NS.C29H27NS2.C21H20S2.C16H17NS2/c1-2-3-4-5-6-7-8-9-14-23-32-24-25-19-21-26(22-20-25)31-29-17-12-10-15-27(29)28-16-11-13-18-30(28)31;31-19-21-32-20-5-6-22-11-13-23(14-12-22)24-15-17-25(18-16-24)30-28-9-3-1-7-26(28)27-8-2-4-10-29(27)30;22-12-14-23-13-2-5-15-6-7-18-9-8-16-3-1-4-17-10-11-19(15)21(18)20(16)17;18-10-12-19-11-9-17-15-7-3-1-5-13(15)14-6-2-4-8-16(14)17/h10-13,15-22H,2-9,14,23-24H2,1H3;1-4,7-18,31H,5-6,19-21H2;1,3-4,6-11,22H,2,5,12-14H2;1-8,18H,9-12H2. The Morgan fingerprint density at radius 1 is 0.274 bits per heavy atom. The van der Waals surface area contributed by atoms with E-state index in [4.69, 9.17) is 0 Å². The topological polar surface area (TPSA) is 14.8 Å². The molecule has 0 aliphatic rings. The lowest BCUT2D eigenvalue weighted by molar-refractivity contribution is 0.573. The summed E-state index contributed by atoms with van der Waals surface area (Å²) in [7, 11) is 0. The van der Waals surface area contributed by atoms with Gasteiger partial charge in [-0.3, -0.25) is 0 Å². The van der Waals surface area contributed by atoms with Gasteiger partial charge in [-0.05, 0) is 187 Å². The summed E-state index contributed by atoms with van der Waals surface area (Å²) in [5, 5.41) is 16.3. The average Bonchev–Trinajstić information content (AvgIpc) is 1.20. The minimum Gasteiger partial charge on any atom is -0.340 e. The highest BCUT2D eigenvalue weighted by atomic mass is 32.2. The van der Waals surface area contributed by atoms with Gasteiger partial charge in [0, 0.05) is 90.0 Å². The number of hydrogen-bond donors (Lipinski definition) is 3. The van der Waals surface area contributed by atoms with Crippen LogP contribution >= 0.6 is 84.9 Å². The van der Waals surface area contributed by atoms with Crippen LogP contribution < -0.4 is 0 Å². The molecule has 0 spiro atoms. The quantitative estimate of drug-likeness (QED) is 0.0221. The summed E-state index contributed by atoms with van der Waals surface area (Å²) in [5.74, 6) is 12.3. The second kappa shape index (κ2) is 40.3. The second-order valence-corrected chi connectivity index (χ2v) is 33.6. The fraction of sp³-hybridized carbons (Fsp3) is 0.271. The van der Waals surface area contributed by atoms with E-state index in [0.717, 1.165) is 65.4 Å². The summed E-state index contributed by atoms with van der Waals surface area (Å²) in [6.07, 6.45) is 17.4. The first-order chi connectivity index (χ1) is 52.5. The van der Waals surface area contributed by atoms with E-state index in [1.807, 2.05) is 35.3 Å². The van der Waals surface area contributed by atoms with Gasteiger partial charge in [0.05, 0.1) is 22.1 Å². The van der Waals surface area contributed by atoms with E-state index in [1.54, 1.807) is 0 Å². The molecule has 3 nitrogen and oxygen atoms in total. The molecule has 0 aliphatic carbocycles. The Morgan fingerprint density at radius 3 is 1.14 bits per heavy atom. The van der Waals surface area contributed by atoms with Crippen molar-refractivity contribution in [2.45, 2.75) is 103 Å². The lowest BCUT2D eigenvalue weighted by Gasteiger charge is -2.13. The van der Waals surface area contributed by atoms with Crippen molar-refractivity contribution in [3.05, 3.63) is 290 Å². The molecule has 0 atom stereocenters. The third-order valence-electron chi connectivity index (χ3n) is 20.4. The van der Waals surface area contributed by atoms with Crippen molar-refractivity contribution >= 4 is 183 Å². The van der Waals surface area contributed by atoms with Crippen LogP contribution in [0.2, 0.25) is 0 Å². The van der Waals surface area contributed by atoms with Gasteiger partial charge in [-0.15, -0.1) is 0 Å². The summed E-state index contributed by atoms with van der Waals surface area (Å²) in [6.45, 7) is 3.35. The van der Waals surface area contributed by atoms with Gasteiger partial charge < -0.3 is 13.7 Å². The molecule has 0 bridgehead atoms. The van der Waals surface area contributed by atoms with Crippen molar-refractivity contribution < 1.29 is 0 Å². The highest BCUT2D eigenvalue weighted by molar-refractivity contribution is 8.00. The molecule has 0 N–H and O–H groups in total. The summed E-state index contributed by atoms with van der Waals surface area (Å²) in [6, 6.07) is 99.6. The number of thiol groups is 3. The zero-order chi connectivity index (χ0) is 72.5. The molecule has 3 heterocycles. The number of fused-ring (bicyclic) bond motifs is 9. The van der Waals surface area contributed by atoms with E-state index in [0.29, 0.717) is 0 Å². The van der Waals surface area contributed by atoms with Gasteiger partial charge in [0.25, 0.3) is 0 Å². The van der Waals surface area contributed by atoms with Gasteiger partial charge in [0.15, 0.2) is 0 Å². The van der Waals surface area contributed by atoms with Crippen LogP contribution in [0.4, 0.5) is 0 Å². The van der Waals surface area contributed by atoms with Gasteiger partial charge in [-0.1, -0.05) is 271 Å². The first kappa shape index (κ1) is 76.9. The minimum atomic E-state index is 0.956. The lowest BCUT2D eigenvalue weighted by atomic mass is 9.91. The molecule has 106 heavy (non-hydrogen) atoms. The molecule has 0 saturated carbocycles. The molecule has 0 amide bonds. The Kier molecular flexibility index (Phi) is 29.2. The smallest absolute Gasteiger partial charge is 0.0541 e. The van der Waals surface area contributed by atoms with E-state index in [9.17, 15) is 0 Å². The fourth-order valence-electron chi connectivity index (χ4n) is 15.2. The predicted octanol–water partition coefficient (Wildman–Crippen LogP) is 28.2. The highest BCUT2D eigenvalue weighted by Gasteiger charge is 2.16. The molecule has 0 unspecified atom stereocenters. The number of nitrogens with zero attached hydrogens (tertiary/aromatic N) is 3. The van der Waals surface area contributed by atoms with Crippen LogP contribution in [0.15, 0.2) is 273 Å². The number of para-hydroxylation sites is 6. The molecule has 0 aliphatic heterocycles. The average molecular weight is 1520 g/mol. The lowest BCUT2D eigenvalue weighted by Crippen LogP contribution is -2.00. The van der Waals surface area contributed by atoms with Crippen LogP contribution in [0.25, 0.3) is 120 Å². The van der Waals surface area contributed by atoms with Crippen molar-refractivity contribution in [1.82, 2.24) is 13.7 Å². The summed E-state index contributed by atoms with van der Waals surface area (Å²) >= 11 is 20.9. The Balaban J connectivity index is 0.000000128. The normalized spacial score (nSPS) is 11.5. The molecule has 0 saturated heterocycles. The van der Waals surface area contributed by atoms with Gasteiger partial charge in [-0.2, -0.15) is 84.9 Å². The van der Waals surface area contributed by atoms with Crippen molar-refractivity contribution in [2.24, 2.45) is 0 Å². The van der Waals surface area contributed by atoms with E-state index < -0.39 is 0 Å². The van der Waals surface area contributed by atoms with E-state index in [1.165, 1.54) is 225 Å². The molecule has 542 valence electrons. The number of aryl methyl sites for hydroxylation is 3. The first-order valence-corrected chi connectivity index (χ1v) is 45.1. The number of aromatic nitrogens is 3. The maximum atomic E-state index is 4.28. The van der Waals surface area contributed by atoms with Gasteiger partial charge in [0.1, 0.15) is 0 Å². The third-order valence-corrected chi connectivity index (χ3v) is 26.2. The van der Waals surface area contributed by atoms with Gasteiger partial charge in [0.2, 0.25) is 0 Å². The fourth-order valence-corrected chi connectivity index (χ4v) is 19.3. The number of hydrogen-bond acceptors (Lipinski definition) is 7.